The fourth-order valence-electron chi connectivity index (χ4n) is 4.39. The van der Waals surface area contributed by atoms with E-state index < -0.39 is 5.97 Å². The summed E-state index contributed by atoms with van der Waals surface area (Å²) < 4.78 is 6.61. The van der Waals surface area contributed by atoms with Crippen molar-refractivity contribution in [3.63, 3.8) is 0 Å². The Morgan fingerprint density at radius 2 is 1.85 bits per heavy atom. The Labute approximate surface area is 193 Å². The number of methoxy groups -OCH3 is 1. The summed E-state index contributed by atoms with van der Waals surface area (Å²) in [6.07, 6.45) is 3.23. The van der Waals surface area contributed by atoms with E-state index in [-0.39, 0.29) is 23.3 Å². The first-order chi connectivity index (χ1) is 15.8. The molecule has 1 amide bonds. The number of benzene rings is 2. The highest BCUT2D eigenvalue weighted by Gasteiger charge is 2.31. The zero-order valence-corrected chi connectivity index (χ0v) is 19.3. The largest absolute Gasteiger partial charge is 0.465 e. The SMILES string of the molecule is CC[C@@H]1Cc2ccccc2CN1C(=O)c1cc(C(=O)OC)ccc1-c1nc(C(C)=O)cn1C. The number of aromatic nitrogens is 2. The molecule has 7 heteroatoms. The molecule has 4 rings (SSSR count). The number of aryl methyl sites for hydroxylation is 1. The lowest BCUT2D eigenvalue weighted by Crippen LogP contribution is -2.44. The highest BCUT2D eigenvalue weighted by Crippen LogP contribution is 2.31. The van der Waals surface area contributed by atoms with Crippen molar-refractivity contribution in [2.24, 2.45) is 7.05 Å². The molecule has 0 bridgehead atoms. The molecule has 0 saturated heterocycles. The van der Waals surface area contributed by atoms with Crippen molar-refractivity contribution in [2.75, 3.05) is 7.11 Å². The molecule has 0 saturated carbocycles. The van der Waals surface area contributed by atoms with E-state index in [1.807, 2.05) is 23.1 Å². The van der Waals surface area contributed by atoms with Crippen molar-refractivity contribution in [3.05, 3.63) is 76.6 Å². The molecule has 1 aliphatic rings. The van der Waals surface area contributed by atoms with Crippen molar-refractivity contribution in [1.29, 1.82) is 0 Å². The van der Waals surface area contributed by atoms with E-state index in [4.69, 9.17) is 4.74 Å². The Kier molecular flexibility index (Phi) is 6.14. The van der Waals surface area contributed by atoms with Crippen molar-refractivity contribution in [1.82, 2.24) is 14.5 Å². The van der Waals surface area contributed by atoms with E-state index in [2.05, 4.69) is 18.0 Å². The van der Waals surface area contributed by atoms with Gasteiger partial charge in [0, 0.05) is 38.3 Å². The van der Waals surface area contributed by atoms with E-state index >= 15 is 0 Å². The smallest absolute Gasteiger partial charge is 0.337 e. The minimum Gasteiger partial charge on any atom is -0.465 e. The van der Waals surface area contributed by atoms with Crippen LogP contribution in [0.25, 0.3) is 11.4 Å². The third-order valence-electron chi connectivity index (χ3n) is 6.24. The van der Waals surface area contributed by atoms with Gasteiger partial charge in [-0.3, -0.25) is 9.59 Å². The fourth-order valence-corrected chi connectivity index (χ4v) is 4.39. The van der Waals surface area contributed by atoms with Crippen LogP contribution in [0.2, 0.25) is 0 Å². The Balaban J connectivity index is 1.83. The van der Waals surface area contributed by atoms with Gasteiger partial charge >= 0.3 is 5.97 Å². The summed E-state index contributed by atoms with van der Waals surface area (Å²) in [4.78, 5) is 44.4. The van der Waals surface area contributed by atoms with E-state index in [0.717, 1.165) is 18.4 Å². The molecule has 1 atom stereocenters. The van der Waals surface area contributed by atoms with Crippen LogP contribution in [0.5, 0.6) is 0 Å². The van der Waals surface area contributed by atoms with Gasteiger partial charge in [-0.1, -0.05) is 31.2 Å². The zero-order valence-electron chi connectivity index (χ0n) is 19.3. The van der Waals surface area contributed by atoms with Crippen LogP contribution in [0.3, 0.4) is 0 Å². The van der Waals surface area contributed by atoms with Crippen molar-refractivity contribution >= 4 is 17.7 Å². The van der Waals surface area contributed by atoms with Gasteiger partial charge in [0.2, 0.25) is 0 Å². The number of carbonyl (C=O) groups excluding carboxylic acids is 3. The van der Waals surface area contributed by atoms with E-state index in [1.165, 1.54) is 19.6 Å². The number of esters is 1. The average molecular weight is 446 g/mol. The molecule has 0 N–H and O–H groups in total. The summed E-state index contributed by atoms with van der Waals surface area (Å²) in [5.41, 5.74) is 3.91. The molecule has 0 spiro atoms. The first-order valence-electron chi connectivity index (χ1n) is 11.0. The molecular weight excluding hydrogens is 418 g/mol. The monoisotopic (exact) mass is 445 g/mol. The predicted molar refractivity (Wildman–Crippen MR) is 124 cm³/mol. The van der Waals surface area contributed by atoms with Gasteiger partial charge in [-0.2, -0.15) is 0 Å². The zero-order chi connectivity index (χ0) is 23.7. The molecule has 3 aromatic rings. The lowest BCUT2D eigenvalue weighted by Gasteiger charge is -2.37. The molecule has 0 radical (unpaired) electrons. The molecule has 0 unspecified atom stereocenters. The van der Waals surface area contributed by atoms with Crippen LogP contribution < -0.4 is 0 Å². The maximum Gasteiger partial charge on any atom is 0.337 e. The molecule has 1 aliphatic heterocycles. The predicted octanol–water partition coefficient (Wildman–Crippen LogP) is 4.05. The average Bonchev–Trinajstić information content (AvgIpc) is 3.23. The number of fused-ring (bicyclic) bond motifs is 1. The Morgan fingerprint density at radius 3 is 2.48 bits per heavy atom. The van der Waals surface area contributed by atoms with E-state index in [1.54, 1.807) is 36.0 Å². The molecular formula is C26H27N3O4. The van der Waals surface area contributed by atoms with Gasteiger partial charge in [-0.05, 0) is 42.2 Å². The Hall–Kier alpha value is -3.74. The first-order valence-corrected chi connectivity index (χ1v) is 11.0. The molecule has 2 aromatic carbocycles. The number of imidazole rings is 1. The number of carbonyl (C=O) groups is 3. The molecule has 0 aliphatic carbocycles. The van der Waals surface area contributed by atoms with Crippen LogP contribution in [-0.4, -0.2) is 45.3 Å². The highest BCUT2D eigenvalue weighted by molar-refractivity contribution is 6.03. The lowest BCUT2D eigenvalue weighted by atomic mass is 9.91. The summed E-state index contributed by atoms with van der Waals surface area (Å²) in [6.45, 7) is 4.02. The van der Waals surface area contributed by atoms with Crippen LogP contribution in [0.4, 0.5) is 0 Å². The minimum atomic E-state index is -0.518. The molecule has 7 nitrogen and oxygen atoms in total. The molecule has 2 heterocycles. The van der Waals surface area contributed by atoms with Gasteiger partial charge in [-0.25, -0.2) is 9.78 Å². The summed E-state index contributed by atoms with van der Waals surface area (Å²) in [6, 6.07) is 13.1. The van der Waals surface area contributed by atoms with Crippen molar-refractivity contribution < 1.29 is 19.1 Å². The molecule has 0 fully saturated rings. The standard InChI is InChI=1S/C26H27N3O4/c1-5-20-12-17-8-6-7-9-19(17)14-29(20)25(31)22-13-18(26(32)33-4)10-11-21(22)24-27-23(16(2)30)15-28(24)3/h6-11,13,15,20H,5,12,14H2,1-4H3/t20-/m1/s1. The Morgan fingerprint density at radius 1 is 1.12 bits per heavy atom. The lowest BCUT2D eigenvalue weighted by molar-refractivity contribution is 0.0600. The maximum absolute atomic E-state index is 14.0. The topological polar surface area (TPSA) is 81.5 Å². The molecule has 170 valence electrons. The summed E-state index contributed by atoms with van der Waals surface area (Å²) in [5, 5.41) is 0. The van der Waals surface area contributed by atoms with Gasteiger partial charge < -0.3 is 14.2 Å². The quantitative estimate of drug-likeness (QED) is 0.437. The highest BCUT2D eigenvalue weighted by atomic mass is 16.5. The van der Waals surface area contributed by atoms with Gasteiger partial charge in [0.25, 0.3) is 5.91 Å². The number of rotatable bonds is 5. The fraction of sp³-hybridized carbons (Fsp3) is 0.308. The van der Waals surface area contributed by atoms with E-state index in [0.29, 0.717) is 29.2 Å². The number of amides is 1. The van der Waals surface area contributed by atoms with Crippen LogP contribution in [0, 0.1) is 0 Å². The second kappa shape index (κ2) is 9.02. The third-order valence-corrected chi connectivity index (χ3v) is 6.24. The number of hydrogen-bond acceptors (Lipinski definition) is 5. The minimum absolute atomic E-state index is 0.0381. The van der Waals surface area contributed by atoms with Gasteiger partial charge in [0.15, 0.2) is 5.78 Å². The number of hydrogen-bond donors (Lipinski definition) is 0. The maximum atomic E-state index is 14.0. The molecule has 1 aromatic heterocycles. The van der Waals surface area contributed by atoms with Crippen LogP contribution in [-0.2, 0) is 24.8 Å². The van der Waals surface area contributed by atoms with E-state index in [9.17, 15) is 14.4 Å². The normalized spacial score (nSPS) is 15.2. The van der Waals surface area contributed by atoms with Crippen LogP contribution in [0.15, 0.2) is 48.7 Å². The number of ketones is 1. The Bertz CT molecular complexity index is 1240. The summed E-state index contributed by atoms with van der Waals surface area (Å²) >= 11 is 0. The van der Waals surface area contributed by atoms with Crippen molar-refractivity contribution in [3.8, 4) is 11.4 Å². The third kappa shape index (κ3) is 4.18. The second-order valence-corrected chi connectivity index (χ2v) is 8.34. The summed E-state index contributed by atoms with van der Waals surface area (Å²) in [5.74, 6) is -0.361. The first kappa shape index (κ1) is 22.5. The van der Waals surface area contributed by atoms with Gasteiger partial charge in [0.05, 0.1) is 18.2 Å². The van der Waals surface area contributed by atoms with Crippen molar-refractivity contribution in [2.45, 2.75) is 39.3 Å². The van der Waals surface area contributed by atoms with Gasteiger partial charge in [0.1, 0.15) is 11.5 Å². The van der Waals surface area contributed by atoms with Crippen LogP contribution in [0.1, 0.15) is 62.6 Å². The number of ether oxygens (including phenoxy) is 1. The molecule has 33 heavy (non-hydrogen) atoms. The van der Waals surface area contributed by atoms with Crippen LogP contribution >= 0.6 is 0 Å². The number of nitrogens with zero attached hydrogens (tertiary/aromatic N) is 3. The summed E-state index contributed by atoms with van der Waals surface area (Å²) in [7, 11) is 3.09. The second-order valence-electron chi connectivity index (χ2n) is 8.34. The number of Topliss-reactive ketones (excluding diaryl/α,β-unsaturated/α-hetero) is 1. The van der Waals surface area contributed by atoms with Gasteiger partial charge in [-0.15, -0.1) is 0 Å².